The van der Waals surface area contributed by atoms with Gasteiger partial charge in [0.25, 0.3) is 11.7 Å². The third-order valence-corrected chi connectivity index (χ3v) is 7.12. The van der Waals surface area contributed by atoms with E-state index in [9.17, 15) is 14.7 Å². The largest absolute Gasteiger partial charge is 0.507 e. The second-order valence-corrected chi connectivity index (χ2v) is 10.6. The monoisotopic (exact) mass is 541 g/mol. The van der Waals surface area contributed by atoms with Crippen molar-refractivity contribution in [2.24, 2.45) is 5.92 Å². The molecule has 4 rings (SSSR count). The lowest BCUT2D eigenvalue weighted by Crippen LogP contribution is -2.29. The minimum atomic E-state index is -0.796. The molecule has 1 N–H and O–H groups in total. The van der Waals surface area contributed by atoms with Gasteiger partial charge in [-0.15, -0.1) is 0 Å². The predicted molar refractivity (Wildman–Crippen MR) is 162 cm³/mol. The summed E-state index contributed by atoms with van der Waals surface area (Å²) in [6, 6.07) is 21.5. The van der Waals surface area contributed by atoms with Crippen LogP contribution in [0.5, 0.6) is 5.75 Å². The van der Waals surface area contributed by atoms with Crippen molar-refractivity contribution in [3.8, 4) is 5.75 Å². The lowest BCUT2D eigenvalue weighted by molar-refractivity contribution is -0.132. The van der Waals surface area contributed by atoms with Crippen LogP contribution < -0.4 is 19.4 Å². The highest BCUT2D eigenvalue weighted by molar-refractivity contribution is 6.51. The van der Waals surface area contributed by atoms with Gasteiger partial charge in [0.2, 0.25) is 0 Å². The zero-order valence-electron chi connectivity index (χ0n) is 24.2. The van der Waals surface area contributed by atoms with Gasteiger partial charge in [-0.1, -0.05) is 38.1 Å². The van der Waals surface area contributed by atoms with E-state index in [4.69, 9.17) is 4.74 Å². The number of amides is 1. The van der Waals surface area contributed by atoms with Crippen molar-refractivity contribution < 1.29 is 19.4 Å². The van der Waals surface area contributed by atoms with Gasteiger partial charge >= 0.3 is 0 Å². The van der Waals surface area contributed by atoms with E-state index >= 15 is 0 Å². The van der Waals surface area contributed by atoms with Crippen LogP contribution in [0.4, 0.5) is 17.1 Å². The van der Waals surface area contributed by atoms with Crippen LogP contribution in [0.3, 0.4) is 0 Å². The minimum Gasteiger partial charge on any atom is -0.507 e. The first kappa shape index (κ1) is 28.7. The number of hydrogen-bond donors (Lipinski definition) is 1. The van der Waals surface area contributed by atoms with Crippen molar-refractivity contribution in [3.05, 3.63) is 89.5 Å². The number of carbonyl (C=O) groups excluding carboxylic acids is 2. The molecule has 3 aromatic rings. The minimum absolute atomic E-state index is 0.0523. The molecule has 1 saturated heterocycles. The van der Waals surface area contributed by atoms with Crippen molar-refractivity contribution in [3.63, 3.8) is 0 Å². The first-order valence-corrected chi connectivity index (χ1v) is 13.8. The number of carbonyl (C=O) groups is 2. The number of benzene rings is 3. The summed E-state index contributed by atoms with van der Waals surface area (Å²) in [7, 11) is 3.90. The molecular weight excluding hydrogens is 502 g/mol. The Balaban J connectivity index is 1.83. The van der Waals surface area contributed by atoms with Crippen molar-refractivity contribution >= 4 is 34.5 Å². The third kappa shape index (κ3) is 5.83. The second-order valence-electron chi connectivity index (χ2n) is 10.6. The number of ether oxygens (including phenoxy) is 1. The first-order chi connectivity index (χ1) is 19.2. The van der Waals surface area contributed by atoms with Gasteiger partial charge < -0.3 is 19.6 Å². The van der Waals surface area contributed by atoms with Crippen molar-refractivity contribution in [2.45, 2.75) is 33.7 Å². The van der Waals surface area contributed by atoms with E-state index in [1.165, 1.54) is 4.90 Å². The van der Waals surface area contributed by atoms with Crippen molar-refractivity contribution in [1.82, 2.24) is 0 Å². The van der Waals surface area contributed by atoms with Gasteiger partial charge in [-0.05, 0) is 73.9 Å². The van der Waals surface area contributed by atoms with Gasteiger partial charge in [0.15, 0.2) is 0 Å². The van der Waals surface area contributed by atoms with Crippen LogP contribution in [-0.4, -0.2) is 50.6 Å². The highest BCUT2D eigenvalue weighted by Gasteiger charge is 2.47. The highest BCUT2D eigenvalue weighted by atomic mass is 16.5. The molecule has 1 unspecified atom stereocenters. The van der Waals surface area contributed by atoms with Gasteiger partial charge in [-0.25, -0.2) is 0 Å². The van der Waals surface area contributed by atoms with Crippen LogP contribution in [0.25, 0.3) is 5.76 Å². The standard InChI is InChI=1S/C33H39N3O4/c1-7-35(8-2)26-16-18-27(19-17-26)36-30(23-12-14-25(15-13-23)34(5)6)29(32(38)33(36)39)31(37)24-10-9-11-28(20-24)40-21-22(3)4/h9-20,22,30,37H,7-8,21H2,1-6H3/b31-29-. The van der Waals surface area contributed by atoms with Crippen LogP contribution in [0.15, 0.2) is 78.4 Å². The topological polar surface area (TPSA) is 73.3 Å². The Kier molecular flexibility index (Phi) is 8.83. The molecule has 0 bridgehead atoms. The van der Waals surface area contributed by atoms with Gasteiger partial charge in [-0.2, -0.15) is 0 Å². The summed E-state index contributed by atoms with van der Waals surface area (Å²) in [5.74, 6) is -0.699. The molecule has 0 aromatic heterocycles. The fraction of sp³-hybridized carbons (Fsp3) is 0.333. The number of anilines is 3. The van der Waals surface area contributed by atoms with Gasteiger partial charge in [0, 0.05) is 49.8 Å². The number of aliphatic hydroxyl groups excluding tert-OH is 1. The summed E-state index contributed by atoms with van der Waals surface area (Å²) in [6.07, 6.45) is 0. The summed E-state index contributed by atoms with van der Waals surface area (Å²) >= 11 is 0. The van der Waals surface area contributed by atoms with E-state index in [0.717, 1.165) is 30.0 Å². The Morgan fingerprint density at radius 3 is 2.12 bits per heavy atom. The van der Waals surface area contributed by atoms with Gasteiger partial charge in [-0.3, -0.25) is 14.5 Å². The smallest absolute Gasteiger partial charge is 0.300 e. The SMILES string of the molecule is CCN(CC)c1ccc(N2C(=O)C(=O)/C(=C(\O)c3cccc(OCC(C)C)c3)C2c2ccc(N(C)C)cc2)cc1. The van der Waals surface area contributed by atoms with Crippen LogP contribution >= 0.6 is 0 Å². The van der Waals surface area contributed by atoms with E-state index in [-0.39, 0.29) is 11.3 Å². The molecule has 0 spiro atoms. The van der Waals surface area contributed by atoms with Crippen LogP contribution in [-0.2, 0) is 9.59 Å². The predicted octanol–water partition coefficient (Wildman–Crippen LogP) is 6.26. The molecule has 3 aromatic carbocycles. The zero-order chi connectivity index (χ0) is 29.0. The normalized spacial score (nSPS) is 16.5. The zero-order valence-corrected chi connectivity index (χ0v) is 24.2. The van der Waals surface area contributed by atoms with Gasteiger partial charge in [0.1, 0.15) is 11.5 Å². The number of ketones is 1. The molecule has 210 valence electrons. The maximum Gasteiger partial charge on any atom is 0.300 e. The molecular formula is C33H39N3O4. The van der Waals surface area contributed by atoms with Crippen molar-refractivity contribution in [2.75, 3.05) is 48.5 Å². The number of hydrogen-bond acceptors (Lipinski definition) is 6. The lowest BCUT2D eigenvalue weighted by Gasteiger charge is -2.27. The Morgan fingerprint density at radius 2 is 1.55 bits per heavy atom. The van der Waals surface area contributed by atoms with E-state index < -0.39 is 17.7 Å². The molecule has 0 aliphatic carbocycles. The Hall–Kier alpha value is -4.26. The molecule has 1 atom stereocenters. The van der Waals surface area contributed by atoms with Crippen molar-refractivity contribution in [1.29, 1.82) is 0 Å². The molecule has 1 amide bonds. The van der Waals surface area contributed by atoms with E-state index in [1.54, 1.807) is 18.2 Å². The number of nitrogens with zero attached hydrogens (tertiary/aromatic N) is 3. The molecule has 1 fully saturated rings. The summed E-state index contributed by atoms with van der Waals surface area (Å²) in [5, 5.41) is 11.5. The first-order valence-electron chi connectivity index (χ1n) is 13.8. The Bertz CT molecular complexity index is 1370. The molecule has 1 aliphatic heterocycles. The molecule has 1 aliphatic rings. The van der Waals surface area contributed by atoms with Crippen LogP contribution in [0.1, 0.15) is 44.9 Å². The van der Waals surface area contributed by atoms with Gasteiger partial charge in [0.05, 0.1) is 18.2 Å². The van der Waals surface area contributed by atoms with Crippen LogP contribution in [0, 0.1) is 5.92 Å². The molecule has 1 heterocycles. The highest BCUT2D eigenvalue weighted by Crippen LogP contribution is 2.43. The number of rotatable bonds is 10. The third-order valence-electron chi connectivity index (χ3n) is 7.12. The van der Waals surface area contributed by atoms with Crippen LogP contribution in [0.2, 0.25) is 0 Å². The maximum absolute atomic E-state index is 13.6. The number of aliphatic hydroxyl groups is 1. The summed E-state index contributed by atoms with van der Waals surface area (Å²) < 4.78 is 5.85. The maximum atomic E-state index is 13.6. The Morgan fingerprint density at radius 1 is 0.925 bits per heavy atom. The van der Waals surface area contributed by atoms with E-state index in [1.807, 2.05) is 73.6 Å². The lowest BCUT2D eigenvalue weighted by atomic mass is 9.94. The average molecular weight is 542 g/mol. The molecule has 0 saturated carbocycles. The number of Topliss-reactive ketones (excluding diaryl/α,β-unsaturated/α-hetero) is 1. The quantitative estimate of drug-likeness (QED) is 0.186. The second kappa shape index (κ2) is 12.3. The molecule has 7 heteroatoms. The molecule has 0 radical (unpaired) electrons. The summed E-state index contributed by atoms with van der Waals surface area (Å²) in [6.45, 7) is 10.5. The summed E-state index contributed by atoms with van der Waals surface area (Å²) in [5.41, 5.74) is 3.82. The molecule has 40 heavy (non-hydrogen) atoms. The fourth-order valence-corrected chi connectivity index (χ4v) is 4.93. The summed E-state index contributed by atoms with van der Waals surface area (Å²) in [4.78, 5) is 32.8. The van der Waals surface area contributed by atoms with E-state index in [2.05, 4.69) is 32.6 Å². The Labute approximate surface area is 237 Å². The molecule has 7 nitrogen and oxygen atoms in total. The average Bonchev–Trinajstić information content (AvgIpc) is 3.22. The van der Waals surface area contributed by atoms with E-state index in [0.29, 0.717) is 29.5 Å². The fourth-order valence-electron chi connectivity index (χ4n) is 4.93.